The molecule has 2 aromatic heterocycles. The first-order valence-corrected chi connectivity index (χ1v) is 7.96. The van der Waals surface area contributed by atoms with Crippen molar-refractivity contribution < 1.29 is 0 Å². The van der Waals surface area contributed by atoms with E-state index in [1.807, 2.05) is 11.4 Å². The fourth-order valence-corrected chi connectivity index (χ4v) is 3.20. The predicted octanol–water partition coefficient (Wildman–Crippen LogP) is 2.07. The van der Waals surface area contributed by atoms with Gasteiger partial charge in [-0.05, 0) is 26.0 Å². The van der Waals surface area contributed by atoms with Crippen LogP contribution >= 0.6 is 0 Å². The molecule has 1 aromatic carbocycles. The molecule has 1 aliphatic rings. The van der Waals surface area contributed by atoms with Gasteiger partial charge in [-0.3, -0.25) is 0 Å². The summed E-state index contributed by atoms with van der Waals surface area (Å²) in [6, 6.07) is 10.6. The molecular weight excluding hydrogens is 288 g/mol. The Morgan fingerprint density at radius 2 is 1.61 bits per heavy atom. The minimum atomic E-state index is 0.675. The molecule has 1 saturated heterocycles. The van der Waals surface area contributed by atoms with Gasteiger partial charge in [-0.2, -0.15) is 14.6 Å². The SMILES string of the molecule is Cc1nc2ncnn2c(N2CCN(c3ccccc3)CC2)c1C. The maximum Gasteiger partial charge on any atom is 0.254 e. The van der Waals surface area contributed by atoms with Crippen molar-refractivity contribution in [3.63, 3.8) is 0 Å². The van der Waals surface area contributed by atoms with E-state index in [4.69, 9.17) is 0 Å². The molecular formula is C17H20N6. The molecule has 0 aliphatic carbocycles. The van der Waals surface area contributed by atoms with Crippen LogP contribution in [-0.2, 0) is 0 Å². The number of piperazine rings is 1. The van der Waals surface area contributed by atoms with Crippen molar-refractivity contribution >= 4 is 17.3 Å². The molecule has 0 atom stereocenters. The summed E-state index contributed by atoms with van der Waals surface area (Å²) in [5.74, 6) is 1.80. The molecule has 0 radical (unpaired) electrons. The van der Waals surface area contributed by atoms with Crippen molar-refractivity contribution in [2.45, 2.75) is 13.8 Å². The largest absolute Gasteiger partial charge is 0.368 e. The lowest BCUT2D eigenvalue weighted by Crippen LogP contribution is -2.47. The van der Waals surface area contributed by atoms with Gasteiger partial charge in [-0.15, -0.1) is 0 Å². The number of hydrogen-bond acceptors (Lipinski definition) is 5. The summed E-state index contributed by atoms with van der Waals surface area (Å²) >= 11 is 0. The summed E-state index contributed by atoms with van der Waals surface area (Å²) in [5, 5.41) is 4.36. The second-order valence-electron chi connectivity index (χ2n) is 5.93. The van der Waals surface area contributed by atoms with Gasteiger partial charge in [-0.25, -0.2) is 4.98 Å². The molecule has 6 nitrogen and oxygen atoms in total. The van der Waals surface area contributed by atoms with Crippen molar-refractivity contribution in [1.82, 2.24) is 19.6 Å². The fraction of sp³-hybridized carbons (Fsp3) is 0.353. The van der Waals surface area contributed by atoms with E-state index < -0.39 is 0 Å². The number of aromatic nitrogens is 4. The maximum atomic E-state index is 4.51. The van der Waals surface area contributed by atoms with Crippen LogP contribution in [0.3, 0.4) is 0 Å². The van der Waals surface area contributed by atoms with Crippen molar-refractivity contribution in [2.24, 2.45) is 0 Å². The second-order valence-corrected chi connectivity index (χ2v) is 5.93. The van der Waals surface area contributed by atoms with E-state index in [9.17, 15) is 0 Å². The Labute approximate surface area is 135 Å². The van der Waals surface area contributed by atoms with E-state index in [-0.39, 0.29) is 0 Å². The van der Waals surface area contributed by atoms with Crippen molar-refractivity contribution in [1.29, 1.82) is 0 Å². The van der Waals surface area contributed by atoms with Crippen molar-refractivity contribution in [3.8, 4) is 0 Å². The first kappa shape index (κ1) is 14.0. The third-order valence-electron chi connectivity index (χ3n) is 4.58. The molecule has 6 heteroatoms. The average molecular weight is 308 g/mol. The zero-order valence-corrected chi connectivity index (χ0v) is 13.5. The van der Waals surface area contributed by atoms with Gasteiger partial charge in [0, 0.05) is 43.1 Å². The Balaban J connectivity index is 1.62. The van der Waals surface area contributed by atoms with Crippen molar-refractivity contribution in [2.75, 3.05) is 36.0 Å². The minimum absolute atomic E-state index is 0.675. The number of aryl methyl sites for hydroxylation is 1. The quantitative estimate of drug-likeness (QED) is 0.725. The minimum Gasteiger partial charge on any atom is -0.368 e. The first-order valence-electron chi connectivity index (χ1n) is 7.96. The molecule has 0 bridgehead atoms. The highest BCUT2D eigenvalue weighted by molar-refractivity contribution is 5.56. The lowest BCUT2D eigenvalue weighted by Gasteiger charge is -2.37. The van der Waals surface area contributed by atoms with Gasteiger partial charge in [0.2, 0.25) is 0 Å². The summed E-state index contributed by atoms with van der Waals surface area (Å²) in [4.78, 5) is 13.6. The average Bonchev–Trinajstić information content (AvgIpc) is 3.05. The Kier molecular flexibility index (Phi) is 3.37. The summed E-state index contributed by atoms with van der Waals surface area (Å²) in [6.45, 7) is 8.08. The summed E-state index contributed by atoms with van der Waals surface area (Å²) in [5.41, 5.74) is 3.49. The molecule has 3 heterocycles. The van der Waals surface area contributed by atoms with Gasteiger partial charge in [0.25, 0.3) is 5.78 Å². The van der Waals surface area contributed by atoms with Gasteiger partial charge in [0.15, 0.2) is 0 Å². The van der Waals surface area contributed by atoms with Gasteiger partial charge >= 0.3 is 0 Å². The highest BCUT2D eigenvalue weighted by Gasteiger charge is 2.22. The number of fused-ring (bicyclic) bond motifs is 1. The molecule has 3 aromatic rings. The number of para-hydroxylation sites is 1. The van der Waals surface area contributed by atoms with Crippen LogP contribution in [0.1, 0.15) is 11.3 Å². The number of nitrogens with zero attached hydrogens (tertiary/aromatic N) is 6. The van der Waals surface area contributed by atoms with Crippen LogP contribution < -0.4 is 9.80 Å². The molecule has 0 N–H and O–H groups in total. The van der Waals surface area contributed by atoms with Crippen LogP contribution in [0.2, 0.25) is 0 Å². The topological polar surface area (TPSA) is 49.6 Å². The highest BCUT2D eigenvalue weighted by atomic mass is 15.4. The van der Waals surface area contributed by atoms with Crippen LogP contribution in [0, 0.1) is 13.8 Å². The van der Waals surface area contributed by atoms with Crippen LogP contribution in [0.25, 0.3) is 5.78 Å². The lowest BCUT2D eigenvalue weighted by molar-refractivity contribution is 0.636. The zero-order valence-electron chi connectivity index (χ0n) is 13.5. The molecule has 0 amide bonds. The normalized spacial score (nSPS) is 15.4. The van der Waals surface area contributed by atoms with Crippen LogP contribution in [0.4, 0.5) is 11.5 Å². The standard InChI is InChI=1S/C17H20N6/c1-13-14(2)20-17-18-12-19-23(17)16(13)22-10-8-21(9-11-22)15-6-4-3-5-7-15/h3-7,12H,8-11H2,1-2H3. The zero-order chi connectivity index (χ0) is 15.8. The van der Waals surface area contributed by atoms with E-state index in [0.717, 1.165) is 37.7 Å². The smallest absolute Gasteiger partial charge is 0.254 e. The maximum absolute atomic E-state index is 4.51. The van der Waals surface area contributed by atoms with E-state index in [1.54, 1.807) is 6.33 Å². The fourth-order valence-electron chi connectivity index (χ4n) is 3.20. The lowest BCUT2D eigenvalue weighted by atomic mass is 10.2. The highest BCUT2D eigenvalue weighted by Crippen LogP contribution is 2.24. The number of benzene rings is 1. The Morgan fingerprint density at radius 3 is 2.35 bits per heavy atom. The number of anilines is 2. The van der Waals surface area contributed by atoms with Gasteiger partial charge in [-0.1, -0.05) is 18.2 Å². The molecule has 0 spiro atoms. The summed E-state index contributed by atoms with van der Waals surface area (Å²) in [6.07, 6.45) is 1.57. The molecule has 0 saturated carbocycles. The molecule has 1 fully saturated rings. The van der Waals surface area contributed by atoms with Gasteiger partial charge in [0.05, 0.1) is 0 Å². The third-order valence-corrected chi connectivity index (χ3v) is 4.58. The monoisotopic (exact) mass is 308 g/mol. The van der Waals surface area contributed by atoms with Crippen molar-refractivity contribution in [3.05, 3.63) is 47.9 Å². The van der Waals surface area contributed by atoms with Gasteiger partial charge in [0.1, 0.15) is 12.1 Å². The van der Waals surface area contributed by atoms with E-state index in [1.165, 1.54) is 11.3 Å². The van der Waals surface area contributed by atoms with Gasteiger partial charge < -0.3 is 9.80 Å². The first-order chi connectivity index (χ1) is 11.2. The predicted molar refractivity (Wildman–Crippen MR) is 91.1 cm³/mol. The molecule has 1 aliphatic heterocycles. The second kappa shape index (κ2) is 5.53. The van der Waals surface area contributed by atoms with Crippen LogP contribution in [0.5, 0.6) is 0 Å². The van der Waals surface area contributed by atoms with E-state index in [0.29, 0.717) is 5.78 Å². The Morgan fingerprint density at radius 1 is 0.913 bits per heavy atom. The summed E-state index contributed by atoms with van der Waals surface area (Å²) in [7, 11) is 0. The van der Waals surface area contributed by atoms with Crippen LogP contribution in [-0.4, -0.2) is 45.8 Å². The third kappa shape index (κ3) is 2.40. The Bertz CT molecular complexity index is 818. The summed E-state index contributed by atoms with van der Waals surface area (Å²) < 4.78 is 1.86. The van der Waals surface area contributed by atoms with E-state index in [2.05, 4.69) is 62.1 Å². The Hall–Kier alpha value is -2.63. The van der Waals surface area contributed by atoms with Crippen LogP contribution in [0.15, 0.2) is 36.7 Å². The molecule has 4 rings (SSSR count). The molecule has 0 unspecified atom stereocenters. The number of rotatable bonds is 2. The molecule has 23 heavy (non-hydrogen) atoms. The number of hydrogen-bond donors (Lipinski definition) is 0. The van der Waals surface area contributed by atoms with E-state index >= 15 is 0 Å². The molecule has 118 valence electrons.